The van der Waals surface area contributed by atoms with E-state index in [4.69, 9.17) is 5.73 Å². The summed E-state index contributed by atoms with van der Waals surface area (Å²) in [6.07, 6.45) is 1.99. The third kappa shape index (κ3) is 1.41. The first-order valence-corrected chi connectivity index (χ1v) is 5.31. The summed E-state index contributed by atoms with van der Waals surface area (Å²) in [5.41, 5.74) is 7.06. The Labute approximate surface area is 96.5 Å². The van der Waals surface area contributed by atoms with Crippen molar-refractivity contribution < 1.29 is 4.79 Å². The topological polar surface area (TPSA) is 58.9 Å². The summed E-state index contributed by atoms with van der Waals surface area (Å²) in [7, 11) is 0. The predicted octanol–water partition coefficient (Wildman–Crippen LogP) is -0.133. The molecule has 0 spiro atoms. The first kappa shape index (κ1) is 10.4. The van der Waals surface area contributed by atoms with E-state index in [1.807, 2.05) is 18.2 Å². The number of carbonyl (C=O) groups excluding carboxylic acids is 1. The van der Waals surface area contributed by atoms with Gasteiger partial charge in [-0.3, -0.25) is 4.79 Å². The number of fused-ring (bicyclic) bond motifs is 3. The number of carbonyl (C=O) groups is 1. The zero-order valence-corrected chi connectivity index (χ0v) is 9.37. The first-order chi connectivity index (χ1) is 6.75. The van der Waals surface area contributed by atoms with Crippen LogP contribution in [0.15, 0.2) is 23.3 Å². The van der Waals surface area contributed by atoms with E-state index >= 15 is 0 Å². The lowest BCUT2D eigenvalue weighted by molar-refractivity contribution is -0.114. The van der Waals surface area contributed by atoms with E-state index in [2.05, 4.69) is 4.98 Å². The second kappa shape index (κ2) is 3.47. The third-order valence-electron chi connectivity index (χ3n) is 2.48. The number of hydrogen-bond donors (Lipinski definition) is 2. The summed E-state index contributed by atoms with van der Waals surface area (Å²) in [5, 5.41) is 2.14. The number of H-pyrrole nitrogens is 1. The SMILES string of the molecule is Cl.NC(=O)C1=C2C=c3ccc([nH]3)=C2SC1. The largest absolute Gasteiger partial charge is 0.366 e. The fraction of sp³-hybridized carbons (Fsp3) is 0.100. The molecule has 0 aliphatic carbocycles. The molecule has 0 radical (unpaired) electrons. The van der Waals surface area contributed by atoms with Gasteiger partial charge in [0.25, 0.3) is 0 Å². The van der Waals surface area contributed by atoms with Gasteiger partial charge < -0.3 is 10.7 Å². The van der Waals surface area contributed by atoms with Gasteiger partial charge in [0.1, 0.15) is 0 Å². The number of halogens is 1. The standard InChI is InChI=1S/C10H8N2OS.ClH/c11-10(13)7-4-14-9-6(7)3-5-1-2-8(9)12-5;/h1-3,12H,4H2,(H2,11,13);1H. The zero-order valence-electron chi connectivity index (χ0n) is 7.74. The Morgan fingerprint density at radius 2 is 2.27 bits per heavy atom. The quantitative estimate of drug-likeness (QED) is 0.719. The Morgan fingerprint density at radius 3 is 3.00 bits per heavy atom. The maximum absolute atomic E-state index is 11.1. The van der Waals surface area contributed by atoms with E-state index in [0.29, 0.717) is 5.75 Å². The lowest BCUT2D eigenvalue weighted by Crippen LogP contribution is -2.19. The summed E-state index contributed by atoms with van der Waals surface area (Å²) in [6, 6.07) is 4.04. The van der Waals surface area contributed by atoms with Gasteiger partial charge in [-0.2, -0.15) is 0 Å². The Balaban J connectivity index is 0.000000853. The van der Waals surface area contributed by atoms with Gasteiger partial charge in [-0.05, 0) is 18.2 Å². The number of nitrogens with two attached hydrogens (primary N) is 1. The molecule has 2 aliphatic rings. The molecule has 2 bridgehead atoms. The number of aromatic amines is 1. The molecule has 0 atom stereocenters. The smallest absolute Gasteiger partial charge is 0.246 e. The number of amides is 1. The molecule has 3 rings (SSSR count). The van der Waals surface area contributed by atoms with Gasteiger partial charge in [-0.15, -0.1) is 24.2 Å². The fourth-order valence-corrected chi connectivity index (χ4v) is 3.00. The summed E-state index contributed by atoms with van der Waals surface area (Å²) < 4.78 is 0. The van der Waals surface area contributed by atoms with Crippen molar-refractivity contribution in [3.05, 3.63) is 34.0 Å². The Morgan fingerprint density at radius 1 is 1.47 bits per heavy atom. The molecule has 0 saturated heterocycles. The minimum absolute atomic E-state index is 0. The minimum atomic E-state index is -0.304. The van der Waals surface area contributed by atoms with Crippen molar-refractivity contribution in [3.8, 4) is 0 Å². The molecule has 1 aromatic heterocycles. The van der Waals surface area contributed by atoms with Crippen LogP contribution >= 0.6 is 24.2 Å². The molecule has 15 heavy (non-hydrogen) atoms. The molecule has 78 valence electrons. The van der Waals surface area contributed by atoms with Crippen LogP contribution in [0.1, 0.15) is 0 Å². The number of thioether (sulfide) groups is 1. The molecule has 1 amide bonds. The molecule has 3 N–H and O–H groups in total. The molecule has 5 heteroatoms. The van der Waals surface area contributed by atoms with Gasteiger partial charge in [0.15, 0.2) is 0 Å². The molecule has 0 saturated carbocycles. The molecule has 3 heterocycles. The lowest BCUT2D eigenvalue weighted by atomic mass is 10.1. The molecule has 2 aliphatic heterocycles. The van der Waals surface area contributed by atoms with Crippen LogP contribution in [0.4, 0.5) is 0 Å². The van der Waals surface area contributed by atoms with Crippen LogP contribution in [-0.2, 0) is 4.79 Å². The Hall–Kier alpha value is -1.13. The van der Waals surface area contributed by atoms with Gasteiger partial charge in [-0.25, -0.2) is 0 Å². The van der Waals surface area contributed by atoms with Gasteiger partial charge in [-0.1, -0.05) is 0 Å². The van der Waals surface area contributed by atoms with Crippen molar-refractivity contribution >= 4 is 41.1 Å². The number of hydrogen-bond acceptors (Lipinski definition) is 2. The molecular weight excluding hydrogens is 232 g/mol. The second-order valence-electron chi connectivity index (χ2n) is 3.35. The van der Waals surface area contributed by atoms with Crippen LogP contribution in [0, 0.1) is 0 Å². The van der Waals surface area contributed by atoms with E-state index in [-0.39, 0.29) is 18.3 Å². The van der Waals surface area contributed by atoms with Gasteiger partial charge in [0.05, 0.1) is 5.35 Å². The van der Waals surface area contributed by atoms with E-state index < -0.39 is 0 Å². The highest BCUT2D eigenvalue weighted by atomic mass is 35.5. The molecule has 1 aromatic rings. The van der Waals surface area contributed by atoms with E-state index in [1.165, 1.54) is 0 Å². The summed E-state index contributed by atoms with van der Waals surface area (Å²) in [5.74, 6) is 0.393. The summed E-state index contributed by atoms with van der Waals surface area (Å²) >= 11 is 1.67. The molecule has 0 fully saturated rings. The maximum Gasteiger partial charge on any atom is 0.246 e. The Kier molecular flexibility index (Phi) is 2.40. The highest BCUT2D eigenvalue weighted by molar-refractivity contribution is 8.08. The van der Waals surface area contributed by atoms with Crippen molar-refractivity contribution in [2.45, 2.75) is 0 Å². The third-order valence-corrected chi connectivity index (χ3v) is 3.64. The van der Waals surface area contributed by atoms with Crippen molar-refractivity contribution in [2.24, 2.45) is 5.73 Å². The van der Waals surface area contributed by atoms with Crippen LogP contribution < -0.4 is 16.4 Å². The van der Waals surface area contributed by atoms with Crippen LogP contribution in [0.5, 0.6) is 0 Å². The van der Waals surface area contributed by atoms with Gasteiger partial charge >= 0.3 is 0 Å². The normalized spacial score (nSPS) is 16.9. The van der Waals surface area contributed by atoms with Crippen LogP contribution in [0.3, 0.4) is 0 Å². The van der Waals surface area contributed by atoms with Crippen molar-refractivity contribution in [1.29, 1.82) is 0 Å². The average Bonchev–Trinajstić information content (AvgIpc) is 2.71. The number of rotatable bonds is 1. The molecule has 0 unspecified atom stereocenters. The summed E-state index contributed by atoms with van der Waals surface area (Å²) in [4.78, 5) is 15.5. The van der Waals surface area contributed by atoms with Crippen molar-refractivity contribution in [1.82, 2.24) is 4.98 Å². The van der Waals surface area contributed by atoms with Crippen molar-refractivity contribution in [2.75, 3.05) is 5.75 Å². The fourth-order valence-electron chi connectivity index (χ4n) is 1.80. The number of primary amides is 1. The van der Waals surface area contributed by atoms with Crippen LogP contribution in [0.25, 0.3) is 11.0 Å². The van der Waals surface area contributed by atoms with E-state index in [0.717, 1.165) is 26.7 Å². The zero-order chi connectivity index (χ0) is 9.71. The molecule has 0 aromatic carbocycles. The van der Waals surface area contributed by atoms with Gasteiger partial charge in [0, 0.05) is 27.2 Å². The monoisotopic (exact) mass is 240 g/mol. The minimum Gasteiger partial charge on any atom is -0.366 e. The lowest BCUT2D eigenvalue weighted by Gasteiger charge is -2.01. The van der Waals surface area contributed by atoms with Crippen LogP contribution in [0.2, 0.25) is 0 Å². The highest BCUT2D eigenvalue weighted by Crippen LogP contribution is 2.37. The Bertz CT molecular complexity index is 585. The maximum atomic E-state index is 11.1. The predicted molar refractivity (Wildman–Crippen MR) is 63.8 cm³/mol. The highest BCUT2D eigenvalue weighted by Gasteiger charge is 2.24. The van der Waals surface area contributed by atoms with Crippen molar-refractivity contribution in [3.63, 3.8) is 0 Å². The van der Waals surface area contributed by atoms with E-state index in [1.54, 1.807) is 11.8 Å². The number of aromatic nitrogens is 1. The second-order valence-corrected chi connectivity index (χ2v) is 4.33. The summed E-state index contributed by atoms with van der Waals surface area (Å²) in [6.45, 7) is 0. The average molecular weight is 241 g/mol. The number of nitrogens with one attached hydrogen (secondary N) is 1. The van der Waals surface area contributed by atoms with Gasteiger partial charge in [0.2, 0.25) is 5.91 Å². The molecular formula is C10H9ClN2OS. The van der Waals surface area contributed by atoms with Crippen LogP contribution in [-0.4, -0.2) is 16.6 Å². The molecule has 3 nitrogen and oxygen atoms in total. The first-order valence-electron chi connectivity index (χ1n) is 4.33. The van der Waals surface area contributed by atoms with E-state index in [9.17, 15) is 4.79 Å².